The zero-order valence-electron chi connectivity index (χ0n) is 42.8. The van der Waals surface area contributed by atoms with E-state index < -0.39 is 5.41 Å². The first-order valence-electron chi connectivity index (χ1n) is 25.6. The fourth-order valence-electron chi connectivity index (χ4n) is 13.2. The molecule has 0 unspecified atom stereocenters. The third-order valence-corrected chi connectivity index (χ3v) is 18.1. The van der Waals surface area contributed by atoms with E-state index in [9.17, 15) is 0 Å². The van der Waals surface area contributed by atoms with E-state index in [1.54, 1.807) is 0 Å². The van der Waals surface area contributed by atoms with Crippen LogP contribution in [0.5, 0.6) is 0 Å². The van der Waals surface area contributed by atoms with Gasteiger partial charge in [0.1, 0.15) is 0 Å². The Balaban J connectivity index is 1.11. The van der Waals surface area contributed by atoms with Gasteiger partial charge in [0.2, 0.25) is 0 Å². The quantitative estimate of drug-likeness (QED) is 0.166. The lowest BCUT2D eigenvalue weighted by molar-refractivity contribution is 0.573. The van der Waals surface area contributed by atoms with Crippen molar-refractivity contribution >= 4 is 48.6 Å². The fourth-order valence-corrected chi connectivity index (χ4v) is 14.8. The molecule has 9 aromatic carbocycles. The highest BCUT2D eigenvalue weighted by Gasteiger charge is 2.47. The SMILES string of the molecule is CC(C)(C)c1cc(C(C)(C)C)c2sc3c4c(ccc3c2c1)C(C)(C)c1cccc(N(c2cccc(C3(c5ccccc5)c5ccccc5-c5ccccc53)c2)c2ccc3c(c2)C(C)(C)c2ccccc2-3)c1-4. The number of hydrogen-bond donors (Lipinski definition) is 0. The van der Waals surface area contributed by atoms with E-state index in [-0.39, 0.29) is 21.7 Å². The average molecular weight is 936 g/mol. The van der Waals surface area contributed by atoms with Crippen LogP contribution in [0.4, 0.5) is 17.1 Å². The molecule has 0 saturated heterocycles. The predicted molar refractivity (Wildman–Crippen MR) is 304 cm³/mol. The highest BCUT2D eigenvalue weighted by atomic mass is 32.1. The summed E-state index contributed by atoms with van der Waals surface area (Å²) in [4.78, 5) is 2.61. The zero-order valence-corrected chi connectivity index (χ0v) is 43.6. The molecule has 1 nitrogen and oxygen atoms in total. The van der Waals surface area contributed by atoms with Crippen LogP contribution in [-0.2, 0) is 27.1 Å². The van der Waals surface area contributed by atoms with Gasteiger partial charge in [-0.15, -0.1) is 11.3 Å². The van der Waals surface area contributed by atoms with Crippen LogP contribution in [0, 0.1) is 0 Å². The number of thiophene rings is 1. The van der Waals surface area contributed by atoms with Crippen LogP contribution < -0.4 is 4.90 Å². The third-order valence-electron chi connectivity index (χ3n) is 16.8. The lowest BCUT2D eigenvalue weighted by Crippen LogP contribution is -2.28. The van der Waals surface area contributed by atoms with E-state index >= 15 is 0 Å². The van der Waals surface area contributed by atoms with Gasteiger partial charge in [-0.05, 0) is 125 Å². The number of hydrogen-bond acceptors (Lipinski definition) is 2. The minimum Gasteiger partial charge on any atom is -0.310 e. The van der Waals surface area contributed by atoms with Crippen molar-refractivity contribution in [1.29, 1.82) is 0 Å². The van der Waals surface area contributed by atoms with E-state index in [0.29, 0.717) is 0 Å². The van der Waals surface area contributed by atoms with Gasteiger partial charge in [0.15, 0.2) is 0 Å². The number of rotatable bonds is 5. The van der Waals surface area contributed by atoms with Crippen molar-refractivity contribution in [3.8, 4) is 33.4 Å². The van der Waals surface area contributed by atoms with E-state index in [1.165, 1.54) is 115 Å². The molecule has 0 bridgehead atoms. The first kappa shape index (κ1) is 44.0. The maximum atomic E-state index is 2.61. The van der Waals surface area contributed by atoms with Crippen molar-refractivity contribution in [2.24, 2.45) is 0 Å². The Morgan fingerprint density at radius 3 is 1.61 bits per heavy atom. The zero-order chi connectivity index (χ0) is 49.0. The summed E-state index contributed by atoms with van der Waals surface area (Å²) in [6, 6.07) is 72.3. The Morgan fingerprint density at radius 2 is 0.930 bits per heavy atom. The smallest absolute Gasteiger partial charge is 0.0714 e. The molecule has 0 radical (unpaired) electrons. The molecule has 0 spiro atoms. The van der Waals surface area contributed by atoms with Gasteiger partial charge in [0.05, 0.1) is 11.1 Å². The van der Waals surface area contributed by atoms with E-state index in [0.717, 1.165) is 11.4 Å². The molecule has 0 saturated carbocycles. The standard InChI is InChI=1S/C69H61NS/c1-65(2,3)44-39-52-51-36-37-57-62(64(51)71-63(52)59(40-44)66(4,5)6)61-56(68(57,9)10)32-21-33-60(61)70(46-34-35-50-47-26-14-17-29-53(47)67(7,8)58(50)41-46)45-25-20-24-43(38-45)69(42-22-12-11-13-23-42)54-30-18-15-27-48(54)49-28-16-19-31-55(49)69/h11-41H,1-10H3. The van der Waals surface area contributed by atoms with E-state index in [2.05, 4.69) is 262 Å². The topological polar surface area (TPSA) is 3.24 Å². The number of anilines is 3. The van der Waals surface area contributed by atoms with Crippen LogP contribution in [0.3, 0.4) is 0 Å². The maximum Gasteiger partial charge on any atom is 0.0714 e. The molecule has 10 aromatic rings. The van der Waals surface area contributed by atoms with Gasteiger partial charge in [-0.3, -0.25) is 0 Å². The molecule has 1 aromatic heterocycles. The first-order valence-corrected chi connectivity index (χ1v) is 26.4. The second-order valence-corrected chi connectivity index (χ2v) is 24.7. The van der Waals surface area contributed by atoms with Gasteiger partial charge < -0.3 is 4.90 Å². The highest BCUT2D eigenvalue weighted by Crippen LogP contribution is 2.61. The molecule has 71 heavy (non-hydrogen) atoms. The van der Waals surface area contributed by atoms with Gasteiger partial charge >= 0.3 is 0 Å². The van der Waals surface area contributed by atoms with Crippen molar-refractivity contribution in [2.75, 3.05) is 4.90 Å². The van der Waals surface area contributed by atoms with E-state index in [4.69, 9.17) is 0 Å². The third kappa shape index (κ3) is 6.10. The summed E-state index contributed by atoms with van der Waals surface area (Å²) >= 11 is 2.01. The molecule has 2 heteroatoms. The number of benzene rings is 9. The Morgan fingerprint density at radius 1 is 0.380 bits per heavy atom. The molecule has 0 N–H and O–H groups in total. The van der Waals surface area contributed by atoms with Crippen molar-refractivity contribution in [3.05, 3.63) is 244 Å². The predicted octanol–water partition coefficient (Wildman–Crippen LogP) is 19.1. The molecular formula is C69H61NS. The largest absolute Gasteiger partial charge is 0.310 e. The number of nitrogens with zero attached hydrogens (tertiary/aromatic N) is 1. The molecule has 0 atom stereocenters. The summed E-state index contributed by atoms with van der Waals surface area (Å²) in [6.07, 6.45) is 0. The Hall–Kier alpha value is -7.00. The van der Waals surface area contributed by atoms with Crippen molar-refractivity contribution < 1.29 is 0 Å². The normalized spacial score (nSPS) is 15.5. The van der Waals surface area contributed by atoms with Crippen molar-refractivity contribution in [2.45, 2.75) is 96.3 Å². The van der Waals surface area contributed by atoms with Crippen molar-refractivity contribution in [1.82, 2.24) is 0 Å². The summed E-state index contributed by atoms with van der Waals surface area (Å²) in [5, 5.41) is 2.73. The van der Waals surface area contributed by atoms with Crippen LogP contribution in [-0.4, -0.2) is 0 Å². The lowest BCUT2D eigenvalue weighted by Gasteiger charge is -2.35. The first-order chi connectivity index (χ1) is 34.0. The lowest BCUT2D eigenvalue weighted by atomic mass is 9.67. The van der Waals surface area contributed by atoms with Crippen LogP contribution >= 0.6 is 11.3 Å². The van der Waals surface area contributed by atoms with Gasteiger partial charge in [0, 0.05) is 53.5 Å². The molecule has 348 valence electrons. The minimum absolute atomic E-state index is 0.0174. The molecule has 3 aliphatic carbocycles. The number of fused-ring (bicyclic) bond motifs is 13. The molecule has 0 aliphatic heterocycles. The molecule has 0 fully saturated rings. The second-order valence-electron chi connectivity index (χ2n) is 23.7. The van der Waals surface area contributed by atoms with Gasteiger partial charge in [-0.2, -0.15) is 0 Å². The summed E-state index contributed by atoms with van der Waals surface area (Å²) in [5.74, 6) is 0. The average Bonchev–Trinajstić information content (AvgIpc) is 4.04. The van der Waals surface area contributed by atoms with Gasteiger partial charge in [-0.1, -0.05) is 221 Å². The molecular weight excluding hydrogens is 875 g/mol. The van der Waals surface area contributed by atoms with Gasteiger partial charge in [0.25, 0.3) is 0 Å². The van der Waals surface area contributed by atoms with Crippen LogP contribution in [0.1, 0.15) is 125 Å². The molecule has 13 rings (SSSR count). The second kappa shape index (κ2) is 15.0. The summed E-state index contributed by atoms with van der Waals surface area (Å²) in [7, 11) is 0. The van der Waals surface area contributed by atoms with Crippen LogP contribution in [0.25, 0.3) is 53.6 Å². The van der Waals surface area contributed by atoms with Crippen LogP contribution in [0.15, 0.2) is 188 Å². The van der Waals surface area contributed by atoms with Gasteiger partial charge in [-0.25, -0.2) is 0 Å². The maximum absolute atomic E-state index is 2.61. The highest BCUT2D eigenvalue weighted by molar-refractivity contribution is 7.26. The fraction of sp³-hybridized carbons (Fsp3) is 0.217. The molecule has 0 amide bonds. The summed E-state index contributed by atoms with van der Waals surface area (Å²) in [6.45, 7) is 23.9. The Kier molecular flexibility index (Phi) is 9.30. The van der Waals surface area contributed by atoms with Crippen LogP contribution in [0.2, 0.25) is 0 Å². The molecule has 3 aliphatic rings. The Labute approximate surface area is 424 Å². The summed E-state index contributed by atoms with van der Waals surface area (Å²) in [5.41, 5.74) is 24.0. The van der Waals surface area contributed by atoms with E-state index in [1.807, 2.05) is 11.3 Å². The summed E-state index contributed by atoms with van der Waals surface area (Å²) < 4.78 is 2.79. The van der Waals surface area contributed by atoms with Crippen molar-refractivity contribution in [3.63, 3.8) is 0 Å². The molecule has 1 heterocycles. The minimum atomic E-state index is -0.537. The Bertz CT molecular complexity index is 3800. The monoisotopic (exact) mass is 935 g/mol.